The zero-order valence-electron chi connectivity index (χ0n) is 83.0. The van der Waals surface area contributed by atoms with Crippen LogP contribution in [0.4, 0.5) is 8.78 Å². The number of furan rings is 2. The molecule has 150 heavy (non-hydrogen) atoms. The largest absolute Gasteiger partial charge is 0.512 e. The quantitative estimate of drug-likeness (QED) is 0.0703. The number of halogens is 2. The van der Waals surface area contributed by atoms with E-state index in [1.165, 1.54) is 79.8 Å². The minimum absolute atomic E-state index is 0. The van der Waals surface area contributed by atoms with Crippen LogP contribution in [-0.4, -0.2) is 61.7 Å². The number of hydrogen-bond acceptors (Lipinski definition) is 14. The van der Waals surface area contributed by atoms with E-state index in [1.54, 1.807) is 57.0 Å². The molecule has 2 N–H and O–H groups in total. The van der Waals surface area contributed by atoms with Crippen molar-refractivity contribution >= 4 is 77.1 Å². The molecule has 23 rings (SSSR count). The molecule has 0 bridgehead atoms. The molecule has 10 heterocycles. The fourth-order valence-corrected chi connectivity index (χ4v) is 15.1. The molecular weight excluding hydrogens is 2760 g/mol. The van der Waals surface area contributed by atoms with Crippen LogP contribution < -0.4 is 0 Å². The van der Waals surface area contributed by atoms with Crippen LogP contribution in [-0.2, 0) is 110 Å². The number of para-hydroxylation sites is 2. The minimum atomic E-state index is -0.237. The Hall–Kier alpha value is -15.3. The molecule has 0 aliphatic rings. The van der Waals surface area contributed by atoms with Gasteiger partial charge in [-0.25, -0.2) is 4.39 Å². The standard InChI is InChI=1S/C18H12NO.C18H14N.C17H13FN.C17H10NO.C16H11FN.3C11H8N.2C5H8O2.5Ir/c1-12-9-10-19-16(11-12)15-7-4-6-14-13-5-2-3-8-17(13)20-18(14)15;1-14-12-18(16-10-6-3-7-11-16)19-13-17(14)15-8-4-2-5-9-15;1-11-4-3-5-13(8-11)16-7-6-14-10-15(18)12(2)9-17(14)19-16;1-2-10-16-12(6-1)13-7-5-8-14(17(13)19-16)15-9-3-4-11-18-15;1-11-10-13(6-7-15(11)17)16-14-5-3-2-4-12(14)8-9-18-16;3*1-2-6-10(7-3-1)11-8-4-5-9-12-11;2*1-4(6)3-5(2)7;;;;;/h2-6,8-11H,1H3;2-10,12-13H,1H3;3-4,6-10H,1-2H3;1-7,9-11H;2-5,7-10H,1H3;3*1-6,8-9H;2*3,6H,1-2H3;;;;;/q8*-1;;;;;;;. The van der Waals surface area contributed by atoms with Crippen molar-refractivity contribution in [3.05, 3.63) is 531 Å². The number of aromatic nitrogens is 8. The Kier molecular flexibility index (Phi) is 48.0. The Balaban J connectivity index is 0.000000187. The van der Waals surface area contributed by atoms with Crippen LogP contribution in [0.1, 0.15) is 55.5 Å². The van der Waals surface area contributed by atoms with E-state index in [2.05, 4.69) is 139 Å². The summed E-state index contributed by atoms with van der Waals surface area (Å²) >= 11 is 0. The molecule has 5 radical (unpaired) electrons. The van der Waals surface area contributed by atoms with Crippen molar-refractivity contribution < 1.29 is 138 Å². The van der Waals surface area contributed by atoms with Gasteiger partial charge >= 0.3 is 0 Å². The van der Waals surface area contributed by atoms with Gasteiger partial charge in [0.15, 0.2) is 11.6 Å². The number of nitrogens with zero attached hydrogens (tertiary/aromatic N) is 8. The van der Waals surface area contributed by atoms with Gasteiger partial charge in [0, 0.05) is 184 Å². The maximum Gasteiger partial charge on any atom is 0.155 e. The molecule has 0 aliphatic carbocycles. The summed E-state index contributed by atoms with van der Waals surface area (Å²) in [6.07, 6.45) is 15.0. The number of carbonyl (C=O) groups is 2. The molecular formula is C129H100F2Ir5N8O6-8. The van der Waals surface area contributed by atoms with Crippen molar-refractivity contribution in [1.82, 2.24) is 39.9 Å². The van der Waals surface area contributed by atoms with Crippen LogP contribution in [0.3, 0.4) is 0 Å². The van der Waals surface area contributed by atoms with Crippen molar-refractivity contribution in [2.24, 2.45) is 0 Å². The second-order valence-electron chi connectivity index (χ2n) is 33.1. The van der Waals surface area contributed by atoms with Crippen molar-refractivity contribution in [2.45, 2.75) is 62.3 Å². The van der Waals surface area contributed by atoms with Gasteiger partial charge in [-0.3, -0.25) is 19.0 Å². The summed E-state index contributed by atoms with van der Waals surface area (Å²) in [7, 11) is 0. The van der Waals surface area contributed by atoms with Gasteiger partial charge in [-0.1, -0.05) is 211 Å². The number of aliphatic hydroxyl groups excluding tert-OH is 2. The first-order valence-electron chi connectivity index (χ1n) is 46.6. The van der Waals surface area contributed by atoms with Gasteiger partial charge in [0.25, 0.3) is 0 Å². The first-order valence-corrected chi connectivity index (χ1v) is 46.6. The summed E-state index contributed by atoms with van der Waals surface area (Å²) in [5, 5.41) is 24.2. The zero-order valence-corrected chi connectivity index (χ0v) is 95.0. The smallest absolute Gasteiger partial charge is 0.155 e. The molecule has 23 aromatic rings. The normalized spacial score (nSPS) is 10.3. The Bertz CT molecular complexity index is 7930. The maximum atomic E-state index is 13.5. The predicted molar refractivity (Wildman–Crippen MR) is 581 cm³/mol. The van der Waals surface area contributed by atoms with E-state index in [1.807, 2.05) is 335 Å². The van der Waals surface area contributed by atoms with Crippen LogP contribution in [0.5, 0.6) is 0 Å². The summed E-state index contributed by atoms with van der Waals surface area (Å²) in [5.41, 5.74) is 26.6. The molecule has 21 heteroatoms. The topological polar surface area (TPSA) is 204 Å². The summed E-state index contributed by atoms with van der Waals surface area (Å²) in [5.74, 6) is -0.553. The van der Waals surface area contributed by atoms with E-state index in [0.29, 0.717) is 11.1 Å². The summed E-state index contributed by atoms with van der Waals surface area (Å²) in [6, 6.07) is 147. The molecule has 10 aromatic heterocycles. The fraction of sp³-hybridized carbons (Fsp3) is 0.0698. The first kappa shape index (κ1) is 118. The predicted octanol–water partition coefficient (Wildman–Crippen LogP) is 32.0. The van der Waals surface area contributed by atoms with Crippen LogP contribution in [0.2, 0.25) is 0 Å². The number of fused-ring (bicyclic) bond motifs is 8. The number of ketones is 2. The Morgan fingerprint density at radius 1 is 0.300 bits per heavy atom. The monoisotopic (exact) mass is 2860 g/mol. The Labute approximate surface area is 941 Å². The number of aliphatic hydroxyl groups is 2. The van der Waals surface area contributed by atoms with Crippen LogP contribution in [0.15, 0.2) is 452 Å². The van der Waals surface area contributed by atoms with Crippen molar-refractivity contribution in [3.63, 3.8) is 0 Å². The van der Waals surface area contributed by atoms with Crippen LogP contribution >= 0.6 is 0 Å². The number of carbonyl (C=O) groups excluding carboxylic acids is 2. The van der Waals surface area contributed by atoms with Gasteiger partial charge in [-0.05, 0) is 182 Å². The molecule has 13 aromatic carbocycles. The Morgan fingerprint density at radius 2 is 0.727 bits per heavy atom. The van der Waals surface area contributed by atoms with E-state index in [9.17, 15) is 18.4 Å². The zero-order chi connectivity index (χ0) is 102. The minimum Gasteiger partial charge on any atom is -0.512 e. The van der Waals surface area contributed by atoms with Crippen molar-refractivity contribution in [2.75, 3.05) is 0 Å². The molecule has 14 nitrogen and oxygen atoms in total. The van der Waals surface area contributed by atoms with Crippen LogP contribution in [0, 0.1) is 94.8 Å². The second-order valence-corrected chi connectivity index (χ2v) is 33.1. The molecule has 0 saturated heterocycles. The average molecular weight is 2860 g/mol. The van der Waals surface area contributed by atoms with E-state index in [0.717, 1.165) is 156 Å². The van der Waals surface area contributed by atoms with Gasteiger partial charge in [-0.15, -0.1) is 239 Å². The number of allylic oxidation sites excluding steroid dienone is 4. The van der Waals surface area contributed by atoms with Gasteiger partial charge in [0.1, 0.15) is 17.0 Å². The molecule has 0 fully saturated rings. The third kappa shape index (κ3) is 34.4. The third-order valence-corrected chi connectivity index (χ3v) is 21.9. The Morgan fingerprint density at radius 3 is 1.18 bits per heavy atom. The van der Waals surface area contributed by atoms with Crippen molar-refractivity contribution in [1.29, 1.82) is 0 Å². The molecule has 0 atom stereocenters. The van der Waals surface area contributed by atoms with E-state index in [4.69, 9.17) is 19.0 Å². The number of rotatable bonds is 11. The van der Waals surface area contributed by atoms with E-state index >= 15 is 0 Å². The van der Waals surface area contributed by atoms with Gasteiger partial charge in [0.05, 0.1) is 28.2 Å². The second kappa shape index (κ2) is 60.9. The molecule has 759 valence electrons. The fourth-order valence-electron chi connectivity index (χ4n) is 15.1. The van der Waals surface area contributed by atoms with Gasteiger partial charge in [0.2, 0.25) is 0 Å². The summed E-state index contributed by atoms with van der Waals surface area (Å²) in [6.45, 7) is 15.4. The number of benzene rings is 13. The maximum absolute atomic E-state index is 13.5. The molecule has 0 spiro atoms. The number of aryl methyl sites for hydroxylation is 5. The number of pyridine rings is 8. The molecule has 0 saturated carbocycles. The number of hydrogen-bond donors (Lipinski definition) is 2. The molecule has 0 aliphatic heterocycles. The third-order valence-electron chi connectivity index (χ3n) is 21.9. The summed E-state index contributed by atoms with van der Waals surface area (Å²) < 4.78 is 38.7. The van der Waals surface area contributed by atoms with E-state index < -0.39 is 0 Å². The average Bonchev–Trinajstić information content (AvgIpc) is 1.62. The van der Waals surface area contributed by atoms with Crippen LogP contribution in [0.25, 0.3) is 167 Å². The SMILES string of the molecule is CC(=O)C=C(C)O.CC(=O)C=C(C)O.Cc1cc(-c2[c-]cccc2)ncc1-c1ccccc1.Cc1cc(-c2nccc3ccccc23)[c-]cc1F.Cc1cc[c-]c(-c2ccc3cc(F)c(C)cc3n2)c1.Cc1ccnc(-c2[c-]ccc3c2oc2ccccc23)c1.[Ir].[Ir].[Ir].[Ir].[Ir].[c-]1ccc2c(oc3ccccc32)c1-c1ccccn1.[c-]1ccccc1-c1ccccn1.[c-]1ccccc1-c1ccccn1.[c-]1ccccc1-c1ccccn1. The first-order chi connectivity index (χ1) is 70.6. The molecule has 0 unspecified atom stereocenters. The van der Waals surface area contributed by atoms with E-state index in [-0.39, 0.29) is 135 Å². The summed E-state index contributed by atoms with van der Waals surface area (Å²) in [4.78, 5) is 55.0. The molecule has 0 amide bonds. The van der Waals surface area contributed by atoms with Gasteiger partial charge < -0.3 is 53.9 Å². The van der Waals surface area contributed by atoms with Gasteiger partial charge in [-0.2, -0.15) is 0 Å². The van der Waals surface area contributed by atoms with Crippen molar-refractivity contribution in [3.8, 4) is 101 Å².